The van der Waals surface area contributed by atoms with Gasteiger partial charge in [-0.15, -0.1) is 0 Å². The van der Waals surface area contributed by atoms with Crippen molar-refractivity contribution >= 4 is 17.6 Å². The van der Waals surface area contributed by atoms with Crippen LogP contribution in [0.5, 0.6) is 0 Å². The van der Waals surface area contributed by atoms with E-state index in [-0.39, 0.29) is 11.3 Å². The van der Waals surface area contributed by atoms with Crippen LogP contribution in [-0.4, -0.2) is 15.3 Å². The summed E-state index contributed by atoms with van der Waals surface area (Å²) in [6.45, 7) is 0.622. The third kappa shape index (κ3) is 3.62. The Bertz CT molecular complexity index is 676. The lowest BCUT2D eigenvalue weighted by atomic mass is 10.1. The summed E-state index contributed by atoms with van der Waals surface area (Å²) in [4.78, 5) is 15.3. The molecule has 1 aromatic heterocycles. The highest BCUT2D eigenvalue weighted by molar-refractivity contribution is 7.99. The molecule has 2 N–H and O–H groups in total. The van der Waals surface area contributed by atoms with E-state index in [1.807, 2.05) is 36.4 Å². The van der Waals surface area contributed by atoms with Crippen LogP contribution in [0.1, 0.15) is 5.56 Å². The number of aryl methyl sites for hydroxylation is 1. The fraction of sp³-hybridized carbons (Fsp3) is 0.214. The highest BCUT2D eigenvalue weighted by Gasteiger charge is 2.08. The van der Waals surface area contributed by atoms with Gasteiger partial charge in [0.2, 0.25) is 0 Å². The standard InChI is InChI=1S/C14H14N4OS/c15-7-9-20-14-17-13(19)10-12(16)18(14)8-6-11-4-2-1-3-5-11/h1-5,10H,6,8-9,16H2. The second-order valence-corrected chi connectivity index (χ2v) is 5.08. The molecule has 0 amide bonds. The average molecular weight is 286 g/mol. The largest absolute Gasteiger partial charge is 0.385 e. The van der Waals surface area contributed by atoms with Crippen LogP contribution in [0.4, 0.5) is 5.82 Å². The molecule has 1 aromatic carbocycles. The van der Waals surface area contributed by atoms with Crippen molar-refractivity contribution in [1.29, 1.82) is 5.26 Å². The lowest BCUT2D eigenvalue weighted by molar-refractivity contribution is 0.612. The van der Waals surface area contributed by atoms with Crippen LogP contribution < -0.4 is 11.3 Å². The maximum Gasteiger partial charge on any atom is 0.275 e. The van der Waals surface area contributed by atoms with Crippen molar-refractivity contribution in [1.82, 2.24) is 9.55 Å². The summed E-state index contributed by atoms with van der Waals surface area (Å²) in [7, 11) is 0. The Hall–Kier alpha value is -2.26. The molecule has 0 bridgehead atoms. The molecule has 2 aromatic rings. The summed E-state index contributed by atoms with van der Waals surface area (Å²) in [6, 6.07) is 13.3. The van der Waals surface area contributed by atoms with E-state index in [0.717, 1.165) is 6.42 Å². The summed E-state index contributed by atoms with van der Waals surface area (Å²) in [5.41, 5.74) is 6.69. The molecule has 20 heavy (non-hydrogen) atoms. The van der Waals surface area contributed by atoms with E-state index >= 15 is 0 Å². The van der Waals surface area contributed by atoms with Gasteiger partial charge in [-0.1, -0.05) is 42.1 Å². The van der Waals surface area contributed by atoms with Gasteiger partial charge >= 0.3 is 0 Å². The first kappa shape index (κ1) is 14.2. The molecule has 1 heterocycles. The minimum atomic E-state index is -0.376. The molecular formula is C14H14N4OS. The number of thioether (sulfide) groups is 1. The molecule has 0 saturated heterocycles. The van der Waals surface area contributed by atoms with E-state index in [2.05, 4.69) is 4.98 Å². The summed E-state index contributed by atoms with van der Waals surface area (Å²) >= 11 is 1.22. The molecule has 0 aliphatic rings. The fourth-order valence-electron chi connectivity index (χ4n) is 1.82. The molecule has 102 valence electrons. The van der Waals surface area contributed by atoms with E-state index < -0.39 is 0 Å². The maximum absolute atomic E-state index is 11.4. The Morgan fingerprint density at radius 3 is 2.80 bits per heavy atom. The van der Waals surface area contributed by atoms with Crippen molar-refractivity contribution in [2.75, 3.05) is 11.5 Å². The molecule has 0 aliphatic carbocycles. The molecule has 6 heteroatoms. The fourth-order valence-corrected chi connectivity index (χ4v) is 2.52. The van der Waals surface area contributed by atoms with Crippen LogP contribution >= 0.6 is 11.8 Å². The van der Waals surface area contributed by atoms with Gasteiger partial charge < -0.3 is 10.3 Å². The number of nitrogens with two attached hydrogens (primary N) is 1. The third-order valence-electron chi connectivity index (χ3n) is 2.75. The number of nitrogen functional groups attached to an aromatic ring is 1. The van der Waals surface area contributed by atoms with Gasteiger partial charge in [-0.25, -0.2) is 0 Å². The van der Waals surface area contributed by atoms with Crippen molar-refractivity contribution in [3.8, 4) is 6.07 Å². The van der Waals surface area contributed by atoms with Gasteiger partial charge in [0, 0.05) is 12.6 Å². The zero-order valence-electron chi connectivity index (χ0n) is 10.8. The Balaban J connectivity index is 2.21. The van der Waals surface area contributed by atoms with Crippen molar-refractivity contribution in [3.63, 3.8) is 0 Å². The lowest BCUT2D eigenvalue weighted by Gasteiger charge is -2.13. The number of aromatic nitrogens is 2. The molecule has 0 saturated carbocycles. The van der Waals surface area contributed by atoms with E-state index in [9.17, 15) is 4.79 Å². The summed E-state index contributed by atoms with van der Waals surface area (Å²) in [5.74, 6) is 0.614. The summed E-state index contributed by atoms with van der Waals surface area (Å²) < 4.78 is 1.77. The van der Waals surface area contributed by atoms with Crippen molar-refractivity contribution in [2.24, 2.45) is 0 Å². The number of benzene rings is 1. The SMILES string of the molecule is N#CCSc1nc(=O)cc(N)n1CCc1ccccc1. The monoisotopic (exact) mass is 286 g/mol. The highest BCUT2D eigenvalue weighted by Crippen LogP contribution is 2.17. The van der Waals surface area contributed by atoms with Crippen molar-refractivity contribution in [2.45, 2.75) is 18.1 Å². The first-order chi connectivity index (χ1) is 9.70. The predicted molar refractivity (Wildman–Crippen MR) is 79.4 cm³/mol. The third-order valence-corrected chi connectivity index (χ3v) is 3.60. The zero-order valence-corrected chi connectivity index (χ0v) is 11.6. The number of rotatable bonds is 5. The van der Waals surface area contributed by atoms with Gasteiger partial charge in [0.25, 0.3) is 5.56 Å². The van der Waals surface area contributed by atoms with Crippen molar-refractivity contribution < 1.29 is 0 Å². The smallest absolute Gasteiger partial charge is 0.275 e. The van der Waals surface area contributed by atoms with Crippen LogP contribution in [0.2, 0.25) is 0 Å². The van der Waals surface area contributed by atoms with Gasteiger partial charge in [-0.05, 0) is 12.0 Å². The van der Waals surface area contributed by atoms with Crippen LogP contribution in [0.3, 0.4) is 0 Å². The molecule has 0 unspecified atom stereocenters. The molecule has 0 radical (unpaired) electrons. The van der Waals surface area contributed by atoms with Gasteiger partial charge in [0.1, 0.15) is 5.82 Å². The van der Waals surface area contributed by atoms with Crippen LogP contribution in [-0.2, 0) is 13.0 Å². The topological polar surface area (TPSA) is 84.7 Å². The number of hydrogen-bond donors (Lipinski definition) is 1. The van der Waals surface area contributed by atoms with Crippen LogP contribution in [0.15, 0.2) is 46.3 Å². The Kier molecular flexibility index (Phi) is 4.80. The normalized spacial score (nSPS) is 10.2. The van der Waals surface area contributed by atoms with E-state index in [1.165, 1.54) is 23.4 Å². The van der Waals surface area contributed by atoms with Crippen molar-refractivity contribution in [3.05, 3.63) is 52.3 Å². The van der Waals surface area contributed by atoms with Crippen LogP contribution in [0.25, 0.3) is 0 Å². The second kappa shape index (κ2) is 6.78. The second-order valence-electron chi connectivity index (χ2n) is 4.14. The van der Waals surface area contributed by atoms with Gasteiger partial charge in [-0.3, -0.25) is 4.79 Å². The highest BCUT2D eigenvalue weighted by atomic mass is 32.2. The van der Waals surface area contributed by atoms with E-state index in [1.54, 1.807) is 4.57 Å². The molecular weight excluding hydrogens is 272 g/mol. The molecule has 0 aliphatic heterocycles. The van der Waals surface area contributed by atoms with Gasteiger partial charge in [0.15, 0.2) is 5.16 Å². The first-order valence-corrected chi connectivity index (χ1v) is 7.10. The molecule has 0 atom stereocenters. The summed E-state index contributed by atoms with van der Waals surface area (Å²) in [6.07, 6.45) is 0.787. The maximum atomic E-state index is 11.4. The average Bonchev–Trinajstić information content (AvgIpc) is 2.45. The van der Waals surface area contributed by atoms with Crippen LogP contribution in [0, 0.1) is 11.3 Å². The Morgan fingerprint density at radius 1 is 1.35 bits per heavy atom. The number of nitrogens with zero attached hydrogens (tertiary/aromatic N) is 3. The predicted octanol–water partition coefficient (Wildman–Crippen LogP) is 1.68. The Morgan fingerprint density at radius 2 is 2.10 bits per heavy atom. The number of hydrogen-bond acceptors (Lipinski definition) is 5. The number of anilines is 1. The summed E-state index contributed by atoms with van der Waals surface area (Å²) in [5, 5.41) is 9.14. The minimum Gasteiger partial charge on any atom is -0.385 e. The molecule has 0 spiro atoms. The van der Waals surface area contributed by atoms with Gasteiger partial charge in [0.05, 0.1) is 11.8 Å². The first-order valence-electron chi connectivity index (χ1n) is 6.12. The molecule has 5 nitrogen and oxygen atoms in total. The minimum absolute atomic E-state index is 0.237. The molecule has 0 fully saturated rings. The zero-order chi connectivity index (χ0) is 14.4. The van der Waals surface area contributed by atoms with Gasteiger partial charge in [-0.2, -0.15) is 10.2 Å². The quantitative estimate of drug-likeness (QED) is 0.667. The van der Waals surface area contributed by atoms with E-state index in [4.69, 9.17) is 11.0 Å². The van der Waals surface area contributed by atoms with E-state index in [0.29, 0.717) is 17.5 Å². The molecule has 2 rings (SSSR count). The lowest BCUT2D eigenvalue weighted by Crippen LogP contribution is -2.18. The Labute approximate surface area is 121 Å². The number of nitriles is 1.